The van der Waals surface area contributed by atoms with E-state index in [-0.39, 0.29) is 11.5 Å². The van der Waals surface area contributed by atoms with Crippen LogP contribution < -0.4 is 0 Å². The average Bonchev–Trinajstić information content (AvgIpc) is 2.36. The van der Waals surface area contributed by atoms with E-state index in [1.165, 1.54) is 17.0 Å². The Morgan fingerprint density at radius 3 is 2.33 bits per heavy atom. The molecule has 21 heavy (non-hydrogen) atoms. The molecular formula is C16H14Cl2FNO. The highest BCUT2D eigenvalue weighted by atomic mass is 35.5. The summed E-state index contributed by atoms with van der Waals surface area (Å²) in [4.78, 5) is 13.7. The van der Waals surface area contributed by atoms with E-state index >= 15 is 0 Å². The van der Waals surface area contributed by atoms with Gasteiger partial charge in [0.05, 0.1) is 5.56 Å². The molecule has 2 aromatic rings. The molecule has 0 aliphatic rings. The molecule has 0 aliphatic carbocycles. The smallest absolute Gasteiger partial charge is 0.256 e. The highest BCUT2D eigenvalue weighted by Gasteiger charge is 2.16. The van der Waals surface area contributed by atoms with Gasteiger partial charge < -0.3 is 4.90 Å². The molecular weight excluding hydrogens is 312 g/mol. The van der Waals surface area contributed by atoms with Gasteiger partial charge in [0.2, 0.25) is 0 Å². The Kier molecular flexibility index (Phi) is 4.86. The molecule has 2 nitrogen and oxygen atoms in total. The number of hydrogen-bond donors (Lipinski definition) is 0. The highest BCUT2D eigenvalue weighted by molar-refractivity contribution is 6.34. The zero-order valence-corrected chi connectivity index (χ0v) is 13.2. The molecule has 0 N–H and O–H groups in total. The molecule has 0 fully saturated rings. The average molecular weight is 326 g/mol. The van der Waals surface area contributed by atoms with Crippen LogP contribution in [0.3, 0.4) is 0 Å². The molecule has 110 valence electrons. The van der Waals surface area contributed by atoms with Gasteiger partial charge in [0.25, 0.3) is 5.91 Å². The minimum Gasteiger partial charge on any atom is -0.337 e. The third kappa shape index (κ3) is 3.96. The molecule has 1 amide bonds. The number of aryl methyl sites for hydroxylation is 1. The van der Waals surface area contributed by atoms with E-state index in [9.17, 15) is 9.18 Å². The number of amides is 1. The van der Waals surface area contributed by atoms with E-state index < -0.39 is 5.82 Å². The standard InChI is InChI=1S/C16H14Cl2FNO/c1-10-3-4-14(15(19)5-10)16(21)20(2)9-11-6-12(17)8-13(18)7-11/h3-8H,9H2,1-2H3. The largest absolute Gasteiger partial charge is 0.337 e. The van der Waals surface area contributed by atoms with Crippen LogP contribution in [0.25, 0.3) is 0 Å². The summed E-state index contributed by atoms with van der Waals surface area (Å²) in [5.74, 6) is -0.903. The van der Waals surface area contributed by atoms with Crippen LogP contribution in [0.15, 0.2) is 36.4 Å². The van der Waals surface area contributed by atoms with Crippen LogP contribution in [0, 0.1) is 12.7 Å². The van der Waals surface area contributed by atoms with Crippen molar-refractivity contribution < 1.29 is 9.18 Å². The predicted molar refractivity (Wildman–Crippen MR) is 83.4 cm³/mol. The van der Waals surface area contributed by atoms with Crippen LogP contribution in [0.5, 0.6) is 0 Å². The SMILES string of the molecule is Cc1ccc(C(=O)N(C)Cc2cc(Cl)cc(Cl)c2)c(F)c1. The minimum atomic E-state index is -0.518. The number of benzene rings is 2. The van der Waals surface area contributed by atoms with Crippen molar-refractivity contribution in [2.75, 3.05) is 7.05 Å². The number of halogens is 3. The first-order chi connectivity index (χ1) is 9.86. The molecule has 0 heterocycles. The Balaban J connectivity index is 2.19. The first-order valence-electron chi connectivity index (χ1n) is 6.33. The van der Waals surface area contributed by atoms with Gasteiger partial charge in [0.15, 0.2) is 0 Å². The van der Waals surface area contributed by atoms with Gasteiger partial charge in [-0.2, -0.15) is 0 Å². The second-order valence-electron chi connectivity index (χ2n) is 4.92. The molecule has 0 unspecified atom stereocenters. The summed E-state index contributed by atoms with van der Waals surface area (Å²) in [6.07, 6.45) is 0. The third-order valence-electron chi connectivity index (χ3n) is 3.04. The molecule has 0 spiro atoms. The monoisotopic (exact) mass is 325 g/mol. The summed E-state index contributed by atoms with van der Waals surface area (Å²) in [7, 11) is 1.61. The zero-order chi connectivity index (χ0) is 15.6. The molecule has 5 heteroatoms. The van der Waals surface area contributed by atoms with Crippen molar-refractivity contribution in [2.45, 2.75) is 13.5 Å². The van der Waals surface area contributed by atoms with E-state index in [2.05, 4.69) is 0 Å². The Labute approximate surface area is 133 Å². The summed E-state index contributed by atoms with van der Waals surface area (Å²) in [6, 6.07) is 9.62. The summed E-state index contributed by atoms with van der Waals surface area (Å²) in [5, 5.41) is 1.000. The number of carbonyl (C=O) groups excluding carboxylic acids is 1. The normalized spacial score (nSPS) is 10.5. The van der Waals surface area contributed by atoms with Gasteiger partial charge in [0, 0.05) is 23.6 Å². The Hall–Kier alpha value is -1.58. The van der Waals surface area contributed by atoms with Crippen LogP contribution in [0.2, 0.25) is 10.0 Å². The fourth-order valence-corrected chi connectivity index (χ4v) is 2.62. The Bertz CT molecular complexity index is 668. The maximum Gasteiger partial charge on any atom is 0.256 e. The lowest BCUT2D eigenvalue weighted by molar-refractivity contribution is 0.0780. The number of carbonyl (C=O) groups is 1. The van der Waals surface area contributed by atoms with Gasteiger partial charge in [-0.05, 0) is 48.4 Å². The fraction of sp³-hybridized carbons (Fsp3) is 0.188. The molecule has 0 saturated carbocycles. The quantitative estimate of drug-likeness (QED) is 0.800. The Morgan fingerprint density at radius 1 is 1.14 bits per heavy atom. The van der Waals surface area contributed by atoms with Gasteiger partial charge in [-0.3, -0.25) is 4.79 Å². The molecule has 0 aromatic heterocycles. The third-order valence-corrected chi connectivity index (χ3v) is 3.48. The summed E-state index contributed by atoms with van der Waals surface area (Å²) in [5.41, 5.74) is 1.61. The van der Waals surface area contributed by atoms with E-state index in [4.69, 9.17) is 23.2 Å². The van der Waals surface area contributed by atoms with E-state index in [1.54, 1.807) is 38.2 Å². The van der Waals surface area contributed by atoms with Crippen LogP contribution >= 0.6 is 23.2 Å². The van der Waals surface area contributed by atoms with Gasteiger partial charge in [0.1, 0.15) is 5.82 Å². The van der Waals surface area contributed by atoms with Crippen molar-refractivity contribution >= 4 is 29.1 Å². The van der Waals surface area contributed by atoms with Crippen LogP contribution in [-0.2, 0) is 6.54 Å². The number of hydrogen-bond acceptors (Lipinski definition) is 1. The fourth-order valence-electron chi connectivity index (χ4n) is 2.05. The van der Waals surface area contributed by atoms with Gasteiger partial charge >= 0.3 is 0 Å². The maximum atomic E-state index is 13.8. The topological polar surface area (TPSA) is 20.3 Å². The molecule has 0 bridgehead atoms. The highest BCUT2D eigenvalue weighted by Crippen LogP contribution is 2.21. The van der Waals surface area contributed by atoms with Crippen molar-refractivity contribution in [1.82, 2.24) is 4.90 Å². The molecule has 0 aliphatic heterocycles. The van der Waals surface area contributed by atoms with E-state index in [1.807, 2.05) is 0 Å². The van der Waals surface area contributed by atoms with E-state index in [0.717, 1.165) is 11.1 Å². The van der Waals surface area contributed by atoms with Crippen molar-refractivity contribution in [1.29, 1.82) is 0 Å². The molecule has 0 saturated heterocycles. The first-order valence-corrected chi connectivity index (χ1v) is 7.09. The molecule has 2 rings (SSSR count). The van der Waals surface area contributed by atoms with Gasteiger partial charge in [-0.15, -0.1) is 0 Å². The predicted octanol–water partition coefficient (Wildman–Crippen LogP) is 4.71. The zero-order valence-electron chi connectivity index (χ0n) is 11.7. The van der Waals surface area contributed by atoms with Crippen molar-refractivity contribution in [3.05, 3.63) is 69.0 Å². The van der Waals surface area contributed by atoms with Crippen molar-refractivity contribution in [3.63, 3.8) is 0 Å². The van der Waals surface area contributed by atoms with Crippen LogP contribution in [0.4, 0.5) is 4.39 Å². The number of rotatable bonds is 3. The second-order valence-corrected chi connectivity index (χ2v) is 5.80. The van der Waals surface area contributed by atoms with Crippen LogP contribution in [-0.4, -0.2) is 17.9 Å². The maximum absolute atomic E-state index is 13.8. The first kappa shape index (κ1) is 15.8. The van der Waals surface area contributed by atoms with Gasteiger partial charge in [-0.25, -0.2) is 4.39 Å². The molecule has 0 radical (unpaired) electrons. The molecule has 2 aromatic carbocycles. The van der Waals surface area contributed by atoms with E-state index in [0.29, 0.717) is 16.6 Å². The van der Waals surface area contributed by atoms with Gasteiger partial charge in [-0.1, -0.05) is 29.3 Å². The Morgan fingerprint density at radius 2 is 1.76 bits per heavy atom. The lowest BCUT2D eigenvalue weighted by atomic mass is 10.1. The van der Waals surface area contributed by atoms with Crippen molar-refractivity contribution in [3.8, 4) is 0 Å². The second kappa shape index (κ2) is 6.46. The lowest BCUT2D eigenvalue weighted by Crippen LogP contribution is -2.27. The number of nitrogens with zero attached hydrogens (tertiary/aromatic N) is 1. The molecule has 0 atom stereocenters. The van der Waals surface area contributed by atoms with Crippen LogP contribution in [0.1, 0.15) is 21.5 Å². The lowest BCUT2D eigenvalue weighted by Gasteiger charge is -2.18. The van der Waals surface area contributed by atoms with Crippen molar-refractivity contribution in [2.24, 2.45) is 0 Å². The minimum absolute atomic E-state index is 0.0521. The summed E-state index contributed by atoms with van der Waals surface area (Å²) < 4.78 is 13.8. The summed E-state index contributed by atoms with van der Waals surface area (Å²) >= 11 is 11.8. The summed E-state index contributed by atoms with van der Waals surface area (Å²) in [6.45, 7) is 2.07.